The number of rotatable bonds is 3. The van der Waals surface area contributed by atoms with Crippen LogP contribution in [0.1, 0.15) is 35.9 Å². The highest BCUT2D eigenvalue weighted by Crippen LogP contribution is 2.46. The Labute approximate surface area is 205 Å². The maximum absolute atomic E-state index is 13.6. The third-order valence-corrected chi connectivity index (χ3v) is 7.11. The van der Waals surface area contributed by atoms with Crippen LogP contribution < -0.4 is 15.4 Å². The molecule has 0 fully saturated rings. The molecule has 1 aliphatic heterocycles. The van der Waals surface area contributed by atoms with E-state index in [-0.39, 0.29) is 17.5 Å². The minimum atomic E-state index is -0.402. The van der Waals surface area contributed by atoms with E-state index < -0.39 is 6.04 Å². The van der Waals surface area contributed by atoms with Gasteiger partial charge in [0.25, 0.3) is 0 Å². The SMILES string of the molecule is COc1cc([C@@H]2Nc3ccccc3NC3=C2C(=O)C[C@@H](c2ccc(Cl)cc2)C3)cc(Br)c1O. The average molecular weight is 526 g/mol. The van der Waals surface area contributed by atoms with Crippen LogP contribution in [0.3, 0.4) is 0 Å². The van der Waals surface area contributed by atoms with Crippen LogP contribution >= 0.6 is 27.5 Å². The number of Topliss-reactive ketones (excluding diaryl/α,β-unsaturated/α-hetero) is 1. The Morgan fingerprint density at radius 1 is 1.03 bits per heavy atom. The number of anilines is 2. The molecule has 3 N–H and O–H groups in total. The van der Waals surface area contributed by atoms with Crippen molar-refractivity contribution in [1.82, 2.24) is 0 Å². The molecule has 0 spiro atoms. The third kappa shape index (κ3) is 4.09. The Morgan fingerprint density at radius 3 is 2.48 bits per heavy atom. The zero-order valence-electron chi connectivity index (χ0n) is 17.9. The molecule has 3 aromatic rings. The number of allylic oxidation sites excluding steroid dienone is 1. The number of hydrogen-bond donors (Lipinski definition) is 3. The van der Waals surface area contributed by atoms with Crippen molar-refractivity contribution in [1.29, 1.82) is 0 Å². The Bertz CT molecular complexity index is 1270. The first-order chi connectivity index (χ1) is 15.9. The minimum absolute atomic E-state index is 0.0281. The zero-order valence-corrected chi connectivity index (χ0v) is 20.2. The molecule has 33 heavy (non-hydrogen) atoms. The van der Waals surface area contributed by atoms with E-state index >= 15 is 0 Å². The van der Waals surface area contributed by atoms with Gasteiger partial charge in [-0.05, 0) is 75.8 Å². The van der Waals surface area contributed by atoms with Gasteiger partial charge in [-0.25, -0.2) is 0 Å². The third-order valence-electron chi connectivity index (χ3n) is 6.25. The van der Waals surface area contributed by atoms with Gasteiger partial charge in [0.2, 0.25) is 0 Å². The van der Waals surface area contributed by atoms with Gasteiger partial charge in [-0.1, -0.05) is 35.9 Å². The van der Waals surface area contributed by atoms with Crippen molar-refractivity contribution >= 4 is 44.7 Å². The number of methoxy groups -OCH3 is 1. The number of hydrogen-bond acceptors (Lipinski definition) is 5. The van der Waals surface area contributed by atoms with Crippen molar-refractivity contribution in [3.63, 3.8) is 0 Å². The normalized spacial score (nSPS) is 19.7. The molecule has 5 rings (SSSR count). The highest BCUT2D eigenvalue weighted by atomic mass is 79.9. The molecule has 0 bridgehead atoms. The summed E-state index contributed by atoms with van der Waals surface area (Å²) in [6.07, 6.45) is 1.11. The molecule has 0 radical (unpaired) electrons. The maximum atomic E-state index is 13.6. The van der Waals surface area contributed by atoms with Gasteiger partial charge in [0, 0.05) is 22.7 Å². The quantitative estimate of drug-likeness (QED) is 0.351. The van der Waals surface area contributed by atoms with Crippen molar-refractivity contribution < 1.29 is 14.6 Å². The van der Waals surface area contributed by atoms with Crippen LogP contribution in [0.4, 0.5) is 11.4 Å². The van der Waals surface area contributed by atoms with Crippen molar-refractivity contribution in [3.05, 3.63) is 92.6 Å². The first kappa shape index (κ1) is 21.9. The average Bonchev–Trinajstić information content (AvgIpc) is 2.98. The number of halogens is 2. The summed E-state index contributed by atoms with van der Waals surface area (Å²) in [5.41, 5.74) is 5.34. The highest BCUT2D eigenvalue weighted by molar-refractivity contribution is 9.10. The molecule has 0 unspecified atom stereocenters. The number of fused-ring (bicyclic) bond motifs is 1. The van der Waals surface area contributed by atoms with Gasteiger partial charge < -0.3 is 20.5 Å². The van der Waals surface area contributed by atoms with Gasteiger partial charge in [-0.3, -0.25) is 4.79 Å². The molecule has 3 aromatic carbocycles. The number of para-hydroxylation sites is 2. The standard InChI is InChI=1S/C26H22BrClN2O3/c1-33-23-13-16(10-18(27)26(23)32)25-24-21(29-19-4-2-3-5-20(19)30-25)11-15(12-22(24)31)14-6-8-17(28)9-7-14/h2-10,13,15,25,29-30,32H,11-12H2,1H3/t15-,25-/m0/s1. The molecule has 5 nitrogen and oxygen atoms in total. The molecule has 2 aliphatic rings. The summed E-state index contributed by atoms with van der Waals surface area (Å²) in [5, 5.41) is 18.1. The molecule has 168 valence electrons. The van der Waals surface area contributed by atoms with E-state index in [0.29, 0.717) is 33.7 Å². The van der Waals surface area contributed by atoms with Crippen molar-refractivity contribution in [2.45, 2.75) is 24.8 Å². The van der Waals surface area contributed by atoms with Crippen molar-refractivity contribution in [3.8, 4) is 11.5 Å². The summed E-state index contributed by atoms with van der Waals surface area (Å²) in [7, 11) is 1.51. The molecular formula is C26H22BrClN2O3. The first-order valence-electron chi connectivity index (χ1n) is 10.6. The van der Waals surface area contributed by atoms with Crippen LogP contribution in [-0.2, 0) is 4.79 Å². The van der Waals surface area contributed by atoms with Gasteiger partial charge in [0.15, 0.2) is 17.3 Å². The lowest BCUT2D eigenvalue weighted by molar-refractivity contribution is -0.116. The maximum Gasteiger partial charge on any atom is 0.172 e. The predicted octanol–water partition coefficient (Wildman–Crippen LogP) is 6.80. The second-order valence-electron chi connectivity index (χ2n) is 8.27. The monoisotopic (exact) mass is 524 g/mol. The molecule has 0 saturated heterocycles. The van der Waals surface area contributed by atoms with E-state index in [9.17, 15) is 9.90 Å². The summed E-state index contributed by atoms with van der Waals surface area (Å²) >= 11 is 9.49. The van der Waals surface area contributed by atoms with Gasteiger partial charge in [0.1, 0.15) is 0 Å². The summed E-state index contributed by atoms with van der Waals surface area (Å²) in [6.45, 7) is 0. The smallest absolute Gasteiger partial charge is 0.172 e. The van der Waals surface area contributed by atoms with Gasteiger partial charge >= 0.3 is 0 Å². The van der Waals surface area contributed by atoms with E-state index in [4.69, 9.17) is 16.3 Å². The number of aromatic hydroxyl groups is 1. The number of carbonyl (C=O) groups is 1. The Hall–Kier alpha value is -2.96. The van der Waals surface area contributed by atoms with E-state index in [0.717, 1.165) is 28.2 Å². The van der Waals surface area contributed by atoms with Crippen LogP contribution in [-0.4, -0.2) is 18.0 Å². The van der Waals surface area contributed by atoms with Crippen LogP contribution in [0.2, 0.25) is 5.02 Å². The summed E-state index contributed by atoms with van der Waals surface area (Å²) in [6, 6.07) is 18.8. The molecule has 0 aromatic heterocycles. The van der Waals surface area contributed by atoms with Gasteiger partial charge in [0.05, 0.1) is 29.0 Å². The topological polar surface area (TPSA) is 70.6 Å². The molecule has 2 atom stereocenters. The van der Waals surface area contributed by atoms with Crippen molar-refractivity contribution in [2.75, 3.05) is 17.7 Å². The Kier molecular flexibility index (Phi) is 5.81. The second-order valence-corrected chi connectivity index (χ2v) is 9.56. The summed E-state index contributed by atoms with van der Waals surface area (Å²) in [4.78, 5) is 13.6. The van der Waals surface area contributed by atoms with Crippen LogP contribution in [0.5, 0.6) is 11.5 Å². The molecular weight excluding hydrogens is 504 g/mol. The first-order valence-corrected chi connectivity index (χ1v) is 11.8. The lowest BCUT2D eigenvalue weighted by Gasteiger charge is -2.30. The molecule has 7 heteroatoms. The number of ketones is 1. The minimum Gasteiger partial charge on any atom is -0.503 e. The van der Waals surface area contributed by atoms with E-state index in [2.05, 4.69) is 26.6 Å². The fourth-order valence-corrected chi connectivity index (χ4v) is 5.21. The van der Waals surface area contributed by atoms with Crippen LogP contribution in [0.25, 0.3) is 0 Å². The Balaban J connectivity index is 1.63. The number of ether oxygens (including phenoxy) is 1. The zero-order chi connectivity index (χ0) is 23.1. The van der Waals surface area contributed by atoms with Gasteiger partial charge in [-0.2, -0.15) is 0 Å². The second kappa shape index (κ2) is 8.76. The van der Waals surface area contributed by atoms with E-state index in [1.165, 1.54) is 7.11 Å². The lowest BCUT2D eigenvalue weighted by Crippen LogP contribution is -2.27. The van der Waals surface area contributed by atoms with Crippen LogP contribution in [0, 0.1) is 0 Å². The van der Waals surface area contributed by atoms with E-state index in [1.807, 2.05) is 54.6 Å². The molecule has 1 heterocycles. The highest BCUT2D eigenvalue weighted by Gasteiger charge is 2.36. The largest absolute Gasteiger partial charge is 0.503 e. The summed E-state index contributed by atoms with van der Waals surface area (Å²) < 4.78 is 5.88. The number of phenols is 1. The van der Waals surface area contributed by atoms with Gasteiger partial charge in [-0.15, -0.1) is 0 Å². The molecule has 1 aliphatic carbocycles. The van der Waals surface area contributed by atoms with Crippen LogP contribution in [0.15, 0.2) is 76.4 Å². The van der Waals surface area contributed by atoms with Crippen molar-refractivity contribution in [2.24, 2.45) is 0 Å². The number of nitrogens with one attached hydrogen (secondary N) is 2. The Morgan fingerprint density at radius 2 is 1.76 bits per heavy atom. The summed E-state index contributed by atoms with van der Waals surface area (Å²) in [5.74, 6) is 0.515. The lowest BCUT2D eigenvalue weighted by atomic mass is 9.78. The predicted molar refractivity (Wildman–Crippen MR) is 134 cm³/mol. The van der Waals surface area contributed by atoms with E-state index in [1.54, 1.807) is 6.07 Å². The number of benzene rings is 3. The molecule has 0 amide bonds. The fraction of sp³-hybridized carbons (Fsp3) is 0.192. The fourth-order valence-electron chi connectivity index (χ4n) is 4.63. The number of phenolic OH excluding ortho intramolecular Hbond substituents is 1. The molecule has 0 saturated carbocycles. The number of carbonyl (C=O) groups excluding carboxylic acids is 1.